The SMILES string of the molecule is NC(=O)c1cnn(-c2ncnc3cc(C(=O)O)ccc23)c1. The van der Waals surface area contributed by atoms with Gasteiger partial charge in [-0.3, -0.25) is 4.79 Å². The molecule has 1 amide bonds. The fraction of sp³-hybridized carbons (Fsp3) is 0. The number of carbonyl (C=O) groups is 2. The van der Waals surface area contributed by atoms with E-state index in [9.17, 15) is 9.59 Å². The van der Waals surface area contributed by atoms with E-state index in [1.807, 2.05) is 0 Å². The summed E-state index contributed by atoms with van der Waals surface area (Å²) in [7, 11) is 0. The van der Waals surface area contributed by atoms with Crippen molar-refractivity contribution in [3.63, 3.8) is 0 Å². The van der Waals surface area contributed by atoms with E-state index in [4.69, 9.17) is 10.8 Å². The van der Waals surface area contributed by atoms with Crippen molar-refractivity contribution in [2.75, 3.05) is 0 Å². The minimum atomic E-state index is -1.04. The Bertz CT molecular complexity index is 871. The molecule has 3 aromatic rings. The van der Waals surface area contributed by atoms with Gasteiger partial charge in [-0.1, -0.05) is 0 Å². The number of carbonyl (C=O) groups excluding carboxylic acids is 1. The van der Waals surface area contributed by atoms with Gasteiger partial charge >= 0.3 is 5.97 Å². The highest BCUT2D eigenvalue weighted by Gasteiger charge is 2.11. The minimum absolute atomic E-state index is 0.130. The summed E-state index contributed by atoms with van der Waals surface area (Å²) < 4.78 is 1.39. The van der Waals surface area contributed by atoms with Crippen LogP contribution in [0.2, 0.25) is 0 Å². The van der Waals surface area contributed by atoms with Gasteiger partial charge in [-0.25, -0.2) is 19.4 Å². The van der Waals surface area contributed by atoms with Crippen molar-refractivity contribution in [1.82, 2.24) is 19.7 Å². The Morgan fingerprint density at radius 2 is 2.00 bits per heavy atom. The van der Waals surface area contributed by atoms with E-state index in [1.165, 1.54) is 35.5 Å². The van der Waals surface area contributed by atoms with Gasteiger partial charge in [-0.2, -0.15) is 5.10 Å². The highest BCUT2D eigenvalue weighted by atomic mass is 16.4. The van der Waals surface area contributed by atoms with E-state index < -0.39 is 11.9 Å². The zero-order valence-electron chi connectivity index (χ0n) is 10.6. The molecule has 0 aliphatic heterocycles. The highest BCUT2D eigenvalue weighted by molar-refractivity contribution is 5.95. The number of aromatic nitrogens is 4. The normalized spacial score (nSPS) is 10.7. The van der Waals surface area contributed by atoms with Crippen LogP contribution in [0.1, 0.15) is 20.7 Å². The van der Waals surface area contributed by atoms with Crippen molar-refractivity contribution in [3.8, 4) is 5.82 Å². The molecular formula is C13H9N5O3. The van der Waals surface area contributed by atoms with Crippen molar-refractivity contribution in [3.05, 3.63) is 48.0 Å². The predicted octanol–water partition coefficient (Wildman–Crippen LogP) is 0.613. The molecule has 2 heterocycles. The van der Waals surface area contributed by atoms with Gasteiger partial charge in [-0.15, -0.1) is 0 Å². The largest absolute Gasteiger partial charge is 0.478 e. The maximum atomic E-state index is 11.1. The van der Waals surface area contributed by atoms with Gasteiger partial charge in [-0.05, 0) is 18.2 Å². The zero-order valence-corrected chi connectivity index (χ0v) is 10.6. The monoisotopic (exact) mass is 283 g/mol. The van der Waals surface area contributed by atoms with E-state index in [0.717, 1.165) is 0 Å². The third-order valence-electron chi connectivity index (χ3n) is 2.95. The third kappa shape index (κ3) is 2.18. The molecule has 0 saturated carbocycles. The van der Waals surface area contributed by atoms with E-state index >= 15 is 0 Å². The lowest BCUT2D eigenvalue weighted by atomic mass is 10.1. The molecule has 0 aliphatic carbocycles. The van der Waals surface area contributed by atoms with E-state index in [0.29, 0.717) is 16.7 Å². The maximum absolute atomic E-state index is 11.1. The number of fused-ring (bicyclic) bond motifs is 1. The van der Waals surface area contributed by atoms with Crippen molar-refractivity contribution in [1.29, 1.82) is 0 Å². The highest BCUT2D eigenvalue weighted by Crippen LogP contribution is 2.19. The average Bonchev–Trinajstić information content (AvgIpc) is 2.95. The summed E-state index contributed by atoms with van der Waals surface area (Å²) in [6.45, 7) is 0. The Morgan fingerprint density at radius 1 is 1.19 bits per heavy atom. The zero-order chi connectivity index (χ0) is 15.0. The minimum Gasteiger partial charge on any atom is -0.478 e. The lowest BCUT2D eigenvalue weighted by molar-refractivity contribution is 0.0696. The van der Waals surface area contributed by atoms with Gasteiger partial charge in [0.1, 0.15) is 6.33 Å². The molecule has 8 nitrogen and oxygen atoms in total. The second-order valence-electron chi connectivity index (χ2n) is 4.27. The standard InChI is InChI=1S/C13H9N5O3/c14-11(19)8-4-17-18(5-8)12-9-2-1-7(13(20)21)3-10(9)15-6-16-12/h1-6H,(H2,14,19)(H,20,21). The number of hydrogen-bond donors (Lipinski definition) is 2. The van der Waals surface area contributed by atoms with Gasteiger partial charge in [0, 0.05) is 11.6 Å². The first-order valence-corrected chi connectivity index (χ1v) is 5.89. The molecule has 21 heavy (non-hydrogen) atoms. The van der Waals surface area contributed by atoms with Crippen LogP contribution in [0.4, 0.5) is 0 Å². The Kier molecular flexibility index (Phi) is 2.83. The topological polar surface area (TPSA) is 124 Å². The number of nitrogens with two attached hydrogens (primary N) is 1. The molecule has 104 valence electrons. The number of hydrogen-bond acceptors (Lipinski definition) is 5. The Morgan fingerprint density at radius 3 is 2.67 bits per heavy atom. The average molecular weight is 283 g/mol. The third-order valence-corrected chi connectivity index (χ3v) is 2.95. The Balaban J connectivity index is 2.18. The van der Waals surface area contributed by atoms with Crippen LogP contribution in [0.5, 0.6) is 0 Å². The van der Waals surface area contributed by atoms with Gasteiger partial charge in [0.25, 0.3) is 5.91 Å². The fourth-order valence-corrected chi connectivity index (χ4v) is 1.92. The number of aromatic carboxylic acids is 1. The quantitative estimate of drug-likeness (QED) is 0.725. The van der Waals surface area contributed by atoms with Gasteiger partial charge < -0.3 is 10.8 Å². The van der Waals surface area contributed by atoms with Crippen LogP contribution in [-0.2, 0) is 0 Å². The molecular weight excluding hydrogens is 274 g/mol. The molecule has 0 saturated heterocycles. The molecule has 3 N–H and O–H groups in total. The Hall–Kier alpha value is -3.29. The summed E-state index contributed by atoms with van der Waals surface area (Å²) in [6.07, 6.45) is 4.09. The maximum Gasteiger partial charge on any atom is 0.335 e. The summed E-state index contributed by atoms with van der Waals surface area (Å²) in [4.78, 5) is 30.2. The van der Waals surface area contributed by atoms with Crippen LogP contribution in [0.3, 0.4) is 0 Å². The second kappa shape index (κ2) is 4.67. The molecule has 0 spiro atoms. The van der Waals surface area contributed by atoms with Crippen LogP contribution >= 0.6 is 0 Å². The molecule has 0 unspecified atom stereocenters. The van der Waals surface area contributed by atoms with Crippen LogP contribution in [0.25, 0.3) is 16.7 Å². The van der Waals surface area contributed by atoms with Crippen molar-refractivity contribution in [2.24, 2.45) is 5.73 Å². The van der Waals surface area contributed by atoms with E-state index in [1.54, 1.807) is 6.07 Å². The smallest absolute Gasteiger partial charge is 0.335 e. The van der Waals surface area contributed by atoms with Crippen molar-refractivity contribution < 1.29 is 14.7 Å². The predicted molar refractivity (Wildman–Crippen MR) is 72.1 cm³/mol. The molecule has 8 heteroatoms. The summed E-state index contributed by atoms with van der Waals surface area (Å²) in [6, 6.07) is 4.50. The van der Waals surface area contributed by atoms with Gasteiger partial charge in [0.2, 0.25) is 0 Å². The summed E-state index contributed by atoms with van der Waals surface area (Å²) >= 11 is 0. The number of carboxylic acids is 1. The Labute approximate surface area is 117 Å². The van der Waals surface area contributed by atoms with E-state index in [-0.39, 0.29) is 11.1 Å². The van der Waals surface area contributed by atoms with Crippen LogP contribution in [0.15, 0.2) is 36.9 Å². The molecule has 3 rings (SSSR count). The van der Waals surface area contributed by atoms with Gasteiger partial charge in [0.15, 0.2) is 5.82 Å². The molecule has 0 fully saturated rings. The van der Waals surface area contributed by atoms with E-state index in [2.05, 4.69) is 15.1 Å². The fourth-order valence-electron chi connectivity index (χ4n) is 1.92. The summed E-state index contributed by atoms with van der Waals surface area (Å²) in [5.74, 6) is -1.19. The first-order valence-electron chi connectivity index (χ1n) is 5.89. The molecule has 2 aromatic heterocycles. The number of benzene rings is 1. The van der Waals surface area contributed by atoms with Crippen molar-refractivity contribution >= 4 is 22.8 Å². The number of primary amides is 1. The molecule has 0 radical (unpaired) electrons. The van der Waals surface area contributed by atoms with Crippen LogP contribution < -0.4 is 5.73 Å². The summed E-state index contributed by atoms with van der Waals surface area (Å²) in [5, 5.41) is 13.6. The molecule has 0 atom stereocenters. The van der Waals surface area contributed by atoms with Gasteiger partial charge in [0.05, 0.1) is 22.8 Å². The lowest BCUT2D eigenvalue weighted by Gasteiger charge is -2.05. The first kappa shape index (κ1) is 12.7. The number of nitrogens with zero attached hydrogens (tertiary/aromatic N) is 4. The lowest BCUT2D eigenvalue weighted by Crippen LogP contribution is -2.09. The molecule has 0 aliphatic rings. The molecule has 1 aromatic carbocycles. The second-order valence-corrected chi connectivity index (χ2v) is 4.27. The van der Waals surface area contributed by atoms with Crippen LogP contribution in [-0.4, -0.2) is 36.7 Å². The molecule has 0 bridgehead atoms. The summed E-state index contributed by atoms with van der Waals surface area (Å²) in [5.41, 5.74) is 6.03. The van der Waals surface area contributed by atoms with Crippen molar-refractivity contribution in [2.45, 2.75) is 0 Å². The first-order chi connectivity index (χ1) is 10.1. The number of amides is 1. The number of carboxylic acid groups (broad SMARTS) is 1. The van der Waals surface area contributed by atoms with Crippen LogP contribution in [0, 0.1) is 0 Å². The number of rotatable bonds is 3.